The first kappa shape index (κ1) is 14.3. The van der Waals surface area contributed by atoms with Crippen LogP contribution < -0.4 is 5.32 Å². The first-order valence-electron chi connectivity index (χ1n) is 8.05. The van der Waals surface area contributed by atoms with Gasteiger partial charge in [0.2, 0.25) is 0 Å². The van der Waals surface area contributed by atoms with E-state index in [1.165, 1.54) is 64.7 Å². The van der Waals surface area contributed by atoms with Crippen molar-refractivity contribution in [2.24, 2.45) is 11.3 Å². The Bertz CT molecular complexity index is 235. The summed E-state index contributed by atoms with van der Waals surface area (Å²) in [7, 11) is 0. The smallest absolute Gasteiger partial charge is 0.00501 e. The van der Waals surface area contributed by atoms with Crippen LogP contribution in [0.4, 0.5) is 0 Å². The molecule has 2 fully saturated rings. The summed E-state index contributed by atoms with van der Waals surface area (Å²) < 4.78 is 0. The lowest BCUT2D eigenvalue weighted by molar-refractivity contribution is 0.112. The van der Waals surface area contributed by atoms with Gasteiger partial charge in [0, 0.05) is 19.1 Å². The van der Waals surface area contributed by atoms with Gasteiger partial charge in [-0.15, -0.1) is 0 Å². The van der Waals surface area contributed by atoms with Crippen LogP contribution in [-0.2, 0) is 0 Å². The van der Waals surface area contributed by atoms with E-state index in [1.54, 1.807) is 0 Å². The Balaban J connectivity index is 1.85. The maximum atomic E-state index is 3.70. The third-order valence-corrected chi connectivity index (χ3v) is 4.98. The lowest BCUT2D eigenvalue weighted by atomic mass is 9.84. The fourth-order valence-corrected chi connectivity index (χ4v) is 3.63. The molecule has 2 heteroatoms. The number of hydrogen-bond donors (Lipinski definition) is 1. The van der Waals surface area contributed by atoms with Gasteiger partial charge in [-0.1, -0.05) is 33.6 Å². The van der Waals surface area contributed by atoms with Gasteiger partial charge < -0.3 is 10.2 Å². The van der Waals surface area contributed by atoms with Crippen molar-refractivity contribution in [3.05, 3.63) is 0 Å². The molecule has 0 amide bonds. The fourth-order valence-electron chi connectivity index (χ4n) is 3.63. The molecule has 2 aliphatic rings. The van der Waals surface area contributed by atoms with Crippen LogP contribution in [0.2, 0.25) is 0 Å². The van der Waals surface area contributed by atoms with Gasteiger partial charge in [0.15, 0.2) is 0 Å². The Morgan fingerprint density at radius 1 is 1.17 bits per heavy atom. The van der Waals surface area contributed by atoms with Gasteiger partial charge >= 0.3 is 0 Å². The van der Waals surface area contributed by atoms with E-state index in [0.717, 1.165) is 5.92 Å². The minimum absolute atomic E-state index is 0.588. The molecule has 1 saturated carbocycles. The largest absolute Gasteiger partial charge is 0.314 e. The molecule has 1 saturated heterocycles. The summed E-state index contributed by atoms with van der Waals surface area (Å²) in [5.41, 5.74) is 0.588. The van der Waals surface area contributed by atoms with Gasteiger partial charge in [-0.05, 0) is 50.1 Å². The quantitative estimate of drug-likeness (QED) is 0.808. The molecule has 0 spiro atoms. The van der Waals surface area contributed by atoms with Crippen LogP contribution in [0.25, 0.3) is 0 Å². The van der Waals surface area contributed by atoms with Gasteiger partial charge in [0.1, 0.15) is 0 Å². The summed E-state index contributed by atoms with van der Waals surface area (Å²) in [5.74, 6) is 0.953. The molecule has 2 rings (SSSR count). The average Bonchev–Trinajstić information content (AvgIpc) is 2.79. The van der Waals surface area contributed by atoms with Crippen LogP contribution in [-0.4, -0.2) is 37.1 Å². The van der Waals surface area contributed by atoms with E-state index in [1.807, 2.05) is 0 Å². The van der Waals surface area contributed by atoms with E-state index in [2.05, 4.69) is 31.0 Å². The second-order valence-corrected chi connectivity index (χ2v) is 7.20. The number of rotatable bonds is 5. The van der Waals surface area contributed by atoms with Crippen molar-refractivity contribution < 1.29 is 0 Å². The van der Waals surface area contributed by atoms with E-state index in [0.29, 0.717) is 11.5 Å². The molecule has 0 atom stereocenters. The summed E-state index contributed by atoms with van der Waals surface area (Å²) in [4.78, 5) is 2.74. The van der Waals surface area contributed by atoms with E-state index < -0.39 is 0 Å². The van der Waals surface area contributed by atoms with Crippen molar-refractivity contribution in [3.8, 4) is 0 Å². The molecule has 1 aliphatic heterocycles. The second kappa shape index (κ2) is 6.38. The van der Waals surface area contributed by atoms with Crippen LogP contribution in [0, 0.1) is 11.3 Å². The van der Waals surface area contributed by atoms with Crippen LogP contribution in [0.1, 0.15) is 59.3 Å². The molecule has 0 aromatic carbocycles. The lowest BCUT2D eigenvalue weighted by Crippen LogP contribution is -2.46. The van der Waals surface area contributed by atoms with Crippen molar-refractivity contribution >= 4 is 0 Å². The van der Waals surface area contributed by atoms with Gasteiger partial charge in [-0.3, -0.25) is 0 Å². The normalized spacial score (nSPS) is 26.0. The van der Waals surface area contributed by atoms with Gasteiger partial charge in [0.25, 0.3) is 0 Å². The topological polar surface area (TPSA) is 15.3 Å². The highest BCUT2D eigenvalue weighted by molar-refractivity contribution is 4.90. The molecule has 0 unspecified atom stereocenters. The summed E-state index contributed by atoms with van der Waals surface area (Å²) >= 11 is 0. The van der Waals surface area contributed by atoms with Crippen molar-refractivity contribution in [1.82, 2.24) is 10.2 Å². The molecule has 0 aromatic rings. The zero-order valence-corrected chi connectivity index (χ0v) is 12.7. The zero-order chi connectivity index (χ0) is 13.0. The maximum Gasteiger partial charge on any atom is 0.00501 e. The molecule has 2 nitrogen and oxygen atoms in total. The molecule has 0 bridgehead atoms. The van der Waals surface area contributed by atoms with Crippen molar-refractivity contribution in [2.75, 3.05) is 26.2 Å². The second-order valence-electron chi connectivity index (χ2n) is 7.20. The summed E-state index contributed by atoms with van der Waals surface area (Å²) in [6, 6.07) is 0.629. The molecule has 1 N–H and O–H groups in total. The number of nitrogens with one attached hydrogen (secondary N) is 1. The monoisotopic (exact) mass is 252 g/mol. The zero-order valence-electron chi connectivity index (χ0n) is 12.7. The highest BCUT2D eigenvalue weighted by Crippen LogP contribution is 2.39. The number of hydrogen-bond acceptors (Lipinski definition) is 2. The Morgan fingerprint density at radius 2 is 1.78 bits per heavy atom. The van der Waals surface area contributed by atoms with E-state index in [-0.39, 0.29) is 0 Å². The van der Waals surface area contributed by atoms with Crippen molar-refractivity contribution in [1.29, 1.82) is 0 Å². The SMILES string of the molecule is CC1CCN(CC2(CNC(C)C)CCCC2)CC1. The first-order valence-corrected chi connectivity index (χ1v) is 8.05. The van der Waals surface area contributed by atoms with E-state index in [4.69, 9.17) is 0 Å². The molecular weight excluding hydrogens is 220 g/mol. The number of nitrogens with zero attached hydrogens (tertiary/aromatic N) is 1. The average molecular weight is 252 g/mol. The van der Waals surface area contributed by atoms with Gasteiger partial charge in [-0.25, -0.2) is 0 Å². The Kier molecular flexibility index (Phi) is 5.08. The van der Waals surface area contributed by atoms with Crippen molar-refractivity contribution in [2.45, 2.75) is 65.3 Å². The Hall–Kier alpha value is -0.0800. The van der Waals surface area contributed by atoms with Crippen LogP contribution in [0.5, 0.6) is 0 Å². The molecule has 1 heterocycles. The van der Waals surface area contributed by atoms with Gasteiger partial charge in [0.05, 0.1) is 0 Å². The summed E-state index contributed by atoms with van der Waals surface area (Å²) in [6.45, 7) is 12.2. The van der Waals surface area contributed by atoms with Crippen LogP contribution in [0.3, 0.4) is 0 Å². The maximum absolute atomic E-state index is 3.70. The lowest BCUT2D eigenvalue weighted by Gasteiger charge is -2.39. The van der Waals surface area contributed by atoms with Crippen LogP contribution in [0.15, 0.2) is 0 Å². The third kappa shape index (κ3) is 3.96. The highest BCUT2D eigenvalue weighted by Gasteiger charge is 2.35. The summed E-state index contributed by atoms with van der Waals surface area (Å²) in [5, 5.41) is 3.70. The number of likely N-dealkylation sites (tertiary alicyclic amines) is 1. The minimum atomic E-state index is 0.588. The predicted molar refractivity (Wildman–Crippen MR) is 78.9 cm³/mol. The van der Waals surface area contributed by atoms with Crippen molar-refractivity contribution in [3.63, 3.8) is 0 Å². The first-order chi connectivity index (χ1) is 8.60. The molecule has 18 heavy (non-hydrogen) atoms. The minimum Gasteiger partial charge on any atom is -0.314 e. The molecule has 0 aromatic heterocycles. The molecular formula is C16H32N2. The summed E-state index contributed by atoms with van der Waals surface area (Å²) in [6.07, 6.45) is 8.60. The molecule has 106 valence electrons. The predicted octanol–water partition coefficient (Wildman–Crippen LogP) is 3.28. The third-order valence-electron chi connectivity index (χ3n) is 4.98. The van der Waals surface area contributed by atoms with E-state index >= 15 is 0 Å². The fraction of sp³-hybridized carbons (Fsp3) is 1.00. The standard InChI is InChI=1S/C16H32N2/c1-14(2)17-12-16(8-4-5-9-16)13-18-10-6-15(3)7-11-18/h14-15,17H,4-13H2,1-3H3. The van der Waals surface area contributed by atoms with E-state index in [9.17, 15) is 0 Å². The number of piperidine rings is 1. The van der Waals surface area contributed by atoms with Gasteiger partial charge in [-0.2, -0.15) is 0 Å². The Morgan fingerprint density at radius 3 is 2.33 bits per heavy atom. The Labute approximate surface area is 114 Å². The van der Waals surface area contributed by atoms with Crippen LogP contribution >= 0.6 is 0 Å². The molecule has 0 radical (unpaired) electrons. The highest BCUT2D eigenvalue weighted by atomic mass is 15.1. The molecule has 1 aliphatic carbocycles.